The summed E-state index contributed by atoms with van der Waals surface area (Å²) in [7, 11) is 0. The van der Waals surface area contributed by atoms with E-state index in [1.54, 1.807) is 0 Å². The van der Waals surface area contributed by atoms with E-state index in [1.165, 1.54) is 0 Å². The van der Waals surface area contributed by atoms with Gasteiger partial charge in [0, 0.05) is 12.6 Å². The van der Waals surface area contributed by atoms with Crippen molar-refractivity contribution in [3.05, 3.63) is 0 Å². The van der Waals surface area contributed by atoms with E-state index in [0.717, 1.165) is 19.6 Å². The van der Waals surface area contributed by atoms with E-state index in [-0.39, 0.29) is 11.9 Å². The minimum absolute atomic E-state index is 0.0442. The number of rotatable bonds is 3. The zero-order valence-electron chi connectivity index (χ0n) is 10.6. The highest BCUT2D eigenvalue weighted by Gasteiger charge is 2.44. The van der Waals surface area contributed by atoms with Crippen molar-refractivity contribution in [2.24, 2.45) is 11.8 Å². The number of carbonyl (C=O) groups is 1. The van der Waals surface area contributed by atoms with Crippen LogP contribution in [-0.2, 0) is 4.79 Å². The van der Waals surface area contributed by atoms with Gasteiger partial charge in [-0.2, -0.15) is 0 Å². The van der Waals surface area contributed by atoms with Gasteiger partial charge in [-0.1, -0.05) is 5.92 Å². The molecule has 2 N–H and O–H groups in total. The Balaban J connectivity index is 1.94. The Hall–Kier alpha value is -1.05. The minimum Gasteiger partial charge on any atom is -0.344 e. The number of terminal acetylenes is 1. The molecule has 0 aliphatic carbocycles. The fourth-order valence-corrected chi connectivity index (χ4v) is 3.15. The number of hydrogen-bond acceptors (Lipinski definition) is 3. The van der Waals surface area contributed by atoms with E-state index < -0.39 is 0 Å². The smallest absolute Gasteiger partial charge is 0.237 e. The summed E-state index contributed by atoms with van der Waals surface area (Å²) in [4.78, 5) is 14.2. The van der Waals surface area contributed by atoms with Crippen molar-refractivity contribution in [3.63, 3.8) is 0 Å². The van der Waals surface area contributed by atoms with Gasteiger partial charge in [0.05, 0.1) is 12.6 Å². The standard InChI is InChI=1S/C13H21N3O/c1-4-5-15-13(17)10(3)16-8-11-6-14-7-12(11)9(16)2/h1,9-12,14H,5-8H2,2-3H3,(H,15,17). The molecule has 0 aromatic rings. The van der Waals surface area contributed by atoms with Crippen LogP contribution in [0.3, 0.4) is 0 Å². The molecule has 0 radical (unpaired) electrons. The van der Waals surface area contributed by atoms with Crippen LogP contribution in [0.15, 0.2) is 0 Å². The summed E-state index contributed by atoms with van der Waals surface area (Å²) in [6.45, 7) is 7.70. The van der Waals surface area contributed by atoms with Crippen molar-refractivity contribution >= 4 is 5.91 Å². The lowest BCUT2D eigenvalue weighted by atomic mass is 9.95. The normalized spacial score (nSPS) is 34.1. The molecule has 4 atom stereocenters. The molecule has 0 bridgehead atoms. The van der Waals surface area contributed by atoms with Crippen LogP contribution in [0.5, 0.6) is 0 Å². The number of hydrogen-bond donors (Lipinski definition) is 2. The third kappa shape index (κ3) is 2.31. The van der Waals surface area contributed by atoms with Crippen LogP contribution in [0.4, 0.5) is 0 Å². The van der Waals surface area contributed by atoms with E-state index >= 15 is 0 Å². The first-order valence-corrected chi connectivity index (χ1v) is 6.32. The molecule has 4 heteroatoms. The molecule has 0 saturated carbocycles. The summed E-state index contributed by atoms with van der Waals surface area (Å²) < 4.78 is 0. The Morgan fingerprint density at radius 3 is 3.06 bits per heavy atom. The molecule has 0 aromatic carbocycles. The van der Waals surface area contributed by atoms with Gasteiger partial charge >= 0.3 is 0 Å². The molecule has 17 heavy (non-hydrogen) atoms. The molecule has 4 nitrogen and oxygen atoms in total. The molecule has 1 amide bonds. The van der Waals surface area contributed by atoms with Gasteiger partial charge in [0.25, 0.3) is 0 Å². The monoisotopic (exact) mass is 235 g/mol. The molecule has 94 valence electrons. The second kappa shape index (κ2) is 5.07. The predicted molar refractivity (Wildman–Crippen MR) is 67.3 cm³/mol. The van der Waals surface area contributed by atoms with E-state index in [9.17, 15) is 4.79 Å². The van der Waals surface area contributed by atoms with Gasteiger partial charge in [-0.05, 0) is 38.8 Å². The summed E-state index contributed by atoms with van der Waals surface area (Å²) in [5.74, 6) is 3.87. The highest BCUT2D eigenvalue weighted by atomic mass is 16.2. The molecule has 0 spiro atoms. The maximum absolute atomic E-state index is 11.9. The maximum Gasteiger partial charge on any atom is 0.237 e. The second-order valence-electron chi connectivity index (χ2n) is 5.12. The molecule has 2 heterocycles. The SMILES string of the molecule is C#CCNC(=O)C(C)N1CC2CNCC2C1C. The van der Waals surface area contributed by atoms with Crippen LogP contribution in [0.1, 0.15) is 13.8 Å². The van der Waals surface area contributed by atoms with Crippen LogP contribution in [0, 0.1) is 24.2 Å². The first kappa shape index (κ1) is 12.4. The van der Waals surface area contributed by atoms with E-state index in [4.69, 9.17) is 6.42 Å². The Morgan fingerprint density at radius 2 is 2.41 bits per heavy atom. The third-order valence-corrected chi connectivity index (χ3v) is 4.22. The molecule has 4 unspecified atom stereocenters. The number of amides is 1. The van der Waals surface area contributed by atoms with E-state index in [2.05, 4.69) is 28.4 Å². The number of likely N-dealkylation sites (tertiary alicyclic amines) is 1. The molecule has 2 fully saturated rings. The largest absolute Gasteiger partial charge is 0.344 e. The van der Waals surface area contributed by atoms with Crippen molar-refractivity contribution in [1.82, 2.24) is 15.5 Å². The summed E-state index contributed by atoms with van der Waals surface area (Å²) >= 11 is 0. The highest BCUT2D eigenvalue weighted by Crippen LogP contribution is 2.33. The topological polar surface area (TPSA) is 44.4 Å². The molecule has 2 saturated heterocycles. The van der Waals surface area contributed by atoms with Crippen LogP contribution in [-0.4, -0.2) is 49.1 Å². The Bertz CT molecular complexity index is 336. The molecular formula is C13H21N3O. The van der Waals surface area contributed by atoms with Gasteiger partial charge in [0.2, 0.25) is 5.91 Å². The lowest BCUT2D eigenvalue weighted by Gasteiger charge is -2.29. The maximum atomic E-state index is 11.9. The van der Waals surface area contributed by atoms with Crippen molar-refractivity contribution in [2.45, 2.75) is 25.9 Å². The highest BCUT2D eigenvalue weighted by molar-refractivity contribution is 5.81. The predicted octanol–water partition coefficient (Wildman–Crippen LogP) is -0.336. The molecule has 2 rings (SSSR count). The van der Waals surface area contributed by atoms with E-state index in [0.29, 0.717) is 24.4 Å². The molecule has 0 aromatic heterocycles. The summed E-state index contributed by atoms with van der Waals surface area (Å²) in [6.07, 6.45) is 5.15. The Labute approximate surface area is 103 Å². The lowest BCUT2D eigenvalue weighted by molar-refractivity contribution is -0.126. The number of nitrogens with one attached hydrogen (secondary N) is 2. The number of nitrogens with zero attached hydrogens (tertiary/aromatic N) is 1. The van der Waals surface area contributed by atoms with Gasteiger partial charge in [-0.3, -0.25) is 9.69 Å². The zero-order valence-corrected chi connectivity index (χ0v) is 10.6. The van der Waals surface area contributed by atoms with Crippen LogP contribution < -0.4 is 10.6 Å². The zero-order chi connectivity index (χ0) is 12.4. The number of carbonyl (C=O) groups excluding carboxylic acids is 1. The average molecular weight is 235 g/mol. The van der Waals surface area contributed by atoms with Crippen molar-refractivity contribution in [1.29, 1.82) is 0 Å². The first-order valence-electron chi connectivity index (χ1n) is 6.32. The average Bonchev–Trinajstić information content (AvgIpc) is 2.89. The molecule has 2 aliphatic rings. The van der Waals surface area contributed by atoms with Crippen molar-refractivity contribution in [3.8, 4) is 12.3 Å². The Kier molecular flexibility index (Phi) is 3.70. The van der Waals surface area contributed by atoms with Crippen LogP contribution in [0.2, 0.25) is 0 Å². The second-order valence-corrected chi connectivity index (χ2v) is 5.12. The minimum atomic E-state index is -0.0797. The van der Waals surface area contributed by atoms with Gasteiger partial charge in [-0.25, -0.2) is 0 Å². The molecular weight excluding hydrogens is 214 g/mol. The quantitative estimate of drug-likeness (QED) is 0.658. The van der Waals surface area contributed by atoms with Crippen LogP contribution in [0.25, 0.3) is 0 Å². The fraction of sp³-hybridized carbons (Fsp3) is 0.769. The number of fused-ring (bicyclic) bond motifs is 1. The first-order chi connectivity index (χ1) is 8.15. The third-order valence-electron chi connectivity index (χ3n) is 4.22. The molecule has 2 aliphatic heterocycles. The Morgan fingerprint density at radius 1 is 1.65 bits per heavy atom. The summed E-state index contributed by atoms with van der Waals surface area (Å²) in [5, 5.41) is 6.19. The van der Waals surface area contributed by atoms with Gasteiger partial charge in [-0.15, -0.1) is 6.42 Å². The fourth-order valence-electron chi connectivity index (χ4n) is 3.15. The van der Waals surface area contributed by atoms with Crippen molar-refractivity contribution < 1.29 is 4.79 Å². The van der Waals surface area contributed by atoms with Crippen molar-refractivity contribution in [2.75, 3.05) is 26.2 Å². The summed E-state index contributed by atoms with van der Waals surface area (Å²) in [5.41, 5.74) is 0. The van der Waals surface area contributed by atoms with Gasteiger partial charge in [0.15, 0.2) is 0 Å². The van der Waals surface area contributed by atoms with Gasteiger partial charge in [0.1, 0.15) is 0 Å². The summed E-state index contributed by atoms with van der Waals surface area (Å²) in [6, 6.07) is 0.394. The van der Waals surface area contributed by atoms with E-state index in [1.807, 2.05) is 6.92 Å². The lowest BCUT2D eigenvalue weighted by Crippen LogP contribution is -2.48. The van der Waals surface area contributed by atoms with Gasteiger partial charge < -0.3 is 10.6 Å². The van der Waals surface area contributed by atoms with Crippen LogP contribution >= 0.6 is 0 Å².